The highest BCUT2D eigenvalue weighted by Crippen LogP contribution is 2.34. The molecule has 0 radical (unpaired) electrons. The van der Waals surface area contributed by atoms with E-state index in [1.807, 2.05) is 31.3 Å². The molecule has 10 heteroatoms. The Labute approximate surface area is 213 Å². The van der Waals surface area contributed by atoms with Gasteiger partial charge >= 0.3 is 0 Å². The zero-order chi connectivity index (χ0) is 25.9. The van der Waals surface area contributed by atoms with Crippen LogP contribution in [0.1, 0.15) is 11.1 Å². The van der Waals surface area contributed by atoms with Gasteiger partial charge in [-0.1, -0.05) is 12.1 Å². The predicted molar refractivity (Wildman–Crippen MR) is 142 cm³/mol. The molecule has 5 rings (SSSR count). The van der Waals surface area contributed by atoms with Crippen molar-refractivity contribution in [3.63, 3.8) is 0 Å². The first-order chi connectivity index (χ1) is 17.9. The van der Waals surface area contributed by atoms with Crippen molar-refractivity contribution in [1.29, 1.82) is 5.41 Å². The summed E-state index contributed by atoms with van der Waals surface area (Å²) in [5.74, 6) is 1.97. The van der Waals surface area contributed by atoms with Gasteiger partial charge < -0.3 is 30.9 Å². The number of anilines is 1. The van der Waals surface area contributed by atoms with E-state index in [2.05, 4.69) is 19.9 Å². The topological polar surface area (TPSA) is 156 Å². The van der Waals surface area contributed by atoms with E-state index in [9.17, 15) is 5.11 Å². The Morgan fingerprint density at radius 1 is 0.946 bits per heavy atom. The van der Waals surface area contributed by atoms with E-state index in [0.29, 0.717) is 28.4 Å². The van der Waals surface area contributed by atoms with Crippen LogP contribution in [0.15, 0.2) is 77.8 Å². The fourth-order valence-electron chi connectivity index (χ4n) is 3.81. The summed E-state index contributed by atoms with van der Waals surface area (Å²) in [5, 5.41) is 18.0. The van der Waals surface area contributed by atoms with Gasteiger partial charge in [0.2, 0.25) is 11.8 Å². The molecule has 186 valence electrons. The molecule has 0 saturated carbocycles. The van der Waals surface area contributed by atoms with Crippen LogP contribution < -0.4 is 20.9 Å². The van der Waals surface area contributed by atoms with Crippen LogP contribution in [0.3, 0.4) is 0 Å². The van der Waals surface area contributed by atoms with E-state index in [4.69, 9.17) is 26.4 Å². The number of benzene rings is 3. The molecule has 0 amide bonds. The van der Waals surface area contributed by atoms with Gasteiger partial charge in [-0.15, -0.1) is 0 Å². The summed E-state index contributed by atoms with van der Waals surface area (Å²) in [4.78, 5) is 15.7. The Balaban J connectivity index is 1.52. The minimum Gasteiger partial charge on any atom is -0.504 e. The number of phenols is 1. The van der Waals surface area contributed by atoms with Crippen molar-refractivity contribution >= 4 is 17.4 Å². The van der Waals surface area contributed by atoms with Crippen LogP contribution in [0, 0.1) is 5.41 Å². The van der Waals surface area contributed by atoms with Crippen LogP contribution in [-0.2, 0) is 0 Å². The second-order valence-electron chi connectivity index (χ2n) is 8.45. The third kappa shape index (κ3) is 5.27. The number of likely N-dealkylation sites (N-methyl/N-ethyl adjacent to an activating group) is 1. The quantitative estimate of drug-likeness (QED) is 0.170. The second-order valence-corrected chi connectivity index (χ2v) is 8.45. The molecule has 0 fully saturated rings. The lowest BCUT2D eigenvalue weighted by Gasteiger charge is -2.15. The number of aromatic hydroxyl groups is 1. The Morgan fingerprint density at radius 2 is 1.70 bits per heavy atom. The van der Waals surface area contributed by atoms with Crippen molar-refractivity contribution in [1.82, 2.24) is 14.9 Å². The summed E-state index contributed by atoms with van der Waals surface area (Å²) in [7, 11) is 2.00. The molecule has 37 heavy (non-hydrogen) atoms. The van der Waals surface area contributed by atoms with Gasteiger partial charge in [-0.3, -0.25) is 10.4 Å². The Hall–Kier alpha value is -5.12. The number of rotatable bonds is 7. The molecule has 1 aliphatic rings. The van der Waals surface area contributed by atoms with Crippen molar-refractivity contribution < 1.29 is 14.6 Å². The molecule has 0 bridgehead atoms. The smallest absolute Gasteiger partial charge is 0.226 e. The zero-order valence-corrected chi connectivity index (χ0v) is 20.0. The molecule has 2 heterocycles. The molecular weight excluding hydrogens is 470 g/mol. The molecule has 0 unspecified atom stereocenters. The number of nitrogen functional groups attached to an aromatic ring is 2. The number of hydrogen-bond acceptors (Lipinski definition) is 9. The maximum absolute atomic E-state index is 10.3. The number of ether oxygens (including phenoxy) is 2. The van der Waals surface area contributed by atoms with E-state index < -0.39 is 0 Å². The lowest BCUT2D eigenvalue weighted by atomic mass is 10.2. The molecule has 0 spiro atoms. The van der Waals surface area contributed by atoms with Crippen molar-refractivity contribution in [3.8, 4) is 40.4 Å². The third-order valence-electron chi connectivity index (χ3n) is 5.71. The minimum atomic E-state index is -0.156. The van der Waals surface area contributed by atoms with Crippen molar-refractivity contribution in [2.45, 2.75) is 0 Å². The number of phenolic OH excluding ortho intramolecular Hbond substituents is 1. The highest BCUT2D eigenvalue weighted by molar-refractivity contribution is 6.00. The van der Waals surface area contributed by atoms with Crippen molar-refractivity contribution in [2.24, 2.45) is 10.7 Å². The van der Waals surface area contributed by atoms with Crippen LogP contribution in [-0.4, -0.2) is 51.8 Å². The average molecular weight is 496 g/mol. The second kappa shape index (κ2) is 9.86. The van der Waals surface area contributed by atoms with Crippen molar-refractivity contribution in [2.75, 3.05) is 25.9 Å². The summed E-state index contributed by atoms with van der Waals surface area (Å²) >= 11 is 0. The Bertz CT molecular complexity index is 1500. The largest absolute Gasteiger partial charge is 0.504 e. The predicted octanol–water partition coefficient (Wildman–Crippen LogP) is 3.99. The maximum Gasteiger partial charge on any atom is 0.226 e. The average Bonchev–Trinajstić information content (AvgIpc) is 3.31. The summed E-state index contributed by atoms with van der Waals surface area (Å²) in [6.45, 7) is 1.63. The number of hydrogen-bond donors (Lipinski definition) is 4. The van der Waals surface area contributed by atoms with Crippen LogP contribution in [0.5, 0.6) is 29.0 Å². The molecule has 4 aromatic rings. The number of nitrogens with one attached hydrogen (secondary N) is 1. The van der Waals surface area contributed by atoms with Crippen LogP contribution in [0.2, 0.25) is 0 Å². The SMILES string of the molecule is CN1CCN=C1c1cccc(Oc2cc(Oc3cc(C(=N)N)ccc3O)nc(-c3ccc(N)cc3)n2)c1. The van der Waals surface area contributed by atoms with E-state index in [1.54, 1.807) is 24.3 Å². The van der Waals surface area contributed by atoms with Gasteiger partial charge in [0, 0.05) is 36.0 Å². The molecule has 10 nitrogen and oxygen atoms in total. The van der Waals surface area contributed by atoms with Gasteiger partial charge in [0.1, 0.15) is 17.4 Å². The first-order valence-electron chi connectivity index (χ1n) is 11.5. The summed E-state index contributed by atoms with van der Waals surface area (Å²) in [6, 6.07) is 20.6. The first kappa shape index (κ1) is 23.6. The summed E-state index contributed by atoms with van der Waals surface area (Å²) < 4.78 is 12.0. The number of aliphatic imine (C=N–C) groups is 1. The van der Waals surface area contributed by atoms with Gasteiger partial charge in [0.15, 0.2) is 17.3 Å². The fraction of sp³-hybridized carbons (Fsp3) is 0.111. The molecule has 1 aliphatic heterocycles. The van der Waals surface area contributed by atoms with Gasteiger partial charge in [-0.05, 0) is 54.6 Å². The number of nitrogens with two attached hydrogens (primary N) is 2. The highest BCUT2D eigenvalue weighted by Gasteiger charge is 2.17. The number of aromatic nitrogens is 2. The summed E-state index contributed by atoms with van der Waals surface area (Å²) in [6.07, 6.45) is 0. The van der Waals surface area contributed by atoms with E-state index in [-0.39, 0.29) is 29.1 Å². The lowest BCUT2D eigenvalue weighted by Crippen LogP contribution is -2.23. The first-order valence-corrected chi connectivity index (χ1v) is 11.5. The van der Waals surface area contributed by atoms with Crippen LogP contribution in [0.25, 0.3) is 11.4 Å². The molecule has 6 N–H and O–H groups in total. The van der Waals surface area contributed by atoms with Gasteiger partial charge in [-0.2, -0.15) is 9.97 Å². The number of amidine groups is 2. The third-order valence-corrected chi connectivity index (χ3v) is 5.71. The van der Waals surface area contributed by atoms with Gasteiger partial charge in [-0.25, -0.2) is 0 Å². The molecule has 0 atom stereocenters. The Morgan fingerprint density at radius 3 is 2.41 bits per heavy atom. The molecule has 1 aromatic heterocycles. The van der Waals surface area contributed by atoms with E-state index in [0.717, 1.165) is 24.5 Å². The van der Waals surface area contributed by atoms with Crippen molar-refractivity contribution in [3.05, 3.63) is 83.9 Å². The van der Waals surface area contributed by atoms with Gasteiger partial charge in [0.05, 0.1) is 12.6 Å². The van der Waals surface area contributed by atoms with E-state index >= 15 is 0 Å². The van der Waals surface area contributed by atoms with Crippen LogP contribution in [0.4, 0.5) is 5.69 Å². The fourth-order valence-corrected chi connectivity index (χ4v) is 3.81. The lowest BCUT2D eigenvalue weighted by molar-refractivity contribution is 0.397. The molecular formula is C27H25N7O3. The summed E-state index contributed by atoms with van der Waals surface area (Å²) in [5.41, 5.74) is 14.1. The normalized spacial score (nSPS) is 12.8. The highest BCUT2D eigenvalue weighted by atomic mass is 16.5. The maximum atomic E-state index is 10.3. The standard InChI is InChI=1S/C27H25N7O3/c1-34-12-11-31-27(34)18-3-2-4-20(13-18)36-23-15-24(33-26(32-23)16-5-8-19(28)9-6-16)37-22-14-17(25(29)30)7-10-21(22)35/h2-10,13-15,35H,11-12,28H2,1H3,(H3,29,30). The zero-order valence-electron chi connectivity index (χ0n) is 20.0. The van der Waals surface area contributed by atoms with E-state index in [1.165, 1.54) is 24.3 Å². The minimum absolute atomic E-state index is 0.0879. The molecule has 0 aliphatic carbocycles. The Kier molecular flexibility index (Phi) is 6.29. The number of nitrogens with zero attached hydrogens (tertiary/aromatic N) is 4. The van der Waals surface area contributed by atoms with Gasteiger partial charge in [0.25, 0.3) is 0 Å². The molecule has 3 aromatic carbocycles. The monoisotopic (exact) mass is 495 g/mol. The molecule has 0 saturated heterocycles. The van der Waals surface area contributed by atoms with Crippen LogP contribution >= 0.6 is 0 Å².